The monoisotopic (exact) mass is 255 g/mol. The van der Waals surface area contributed by atoms with Gasteiger partial charge in [0.05, 0.1) is 0 Å². The third-order valence-electron chi connectivity index (χ3n) is 3.10. The van der Waals surface area contributed by atoms with Gasteiger partial charge in [-0.1, -0.05) is 26.0 Å². The summed E-state index contributed by atoms with van der Waals surface area (Å²) in [5.41, 5.74) is 0.477. The molecule has 1 N–H and O–H groups in total. The lowest BCUT2D eigenvalue weighted by Crippen LogP contribution is -2.28. The van der Waals surface area contributed by atoms with Crippen molar-refractivity contribution in [2.24, 2.45) is 5.92 Å². The van der Waals surface area contributed by atoms with Crippen LogP contribution in [-0.4, -0.2) is 12.6 Å². The summed E-state index contributed by atoms with van der Waals surface area (Å²) < 4.78 is 26.6. The van der Waals surface area contributed by atoms with Crippen molar-refractivity contribution in [2.45, 2.75) is 46.1 Å². The highest BCUT2D eigenvalue weighted by Gasteiger charge is 2.13. The van der Waals surface area contributed by atoms with Gasteiger partial charge < -0.3 is 5.32 Å². The van der Waals surface area contributed by atoms with E-state index in [1.807, 2.05) is 0 Å². The van der Waals surface area contributed by atoms with Crippen molar-refractivity contribution in [3.8, 4) is 0 Å². The van der Waals surface area contributed by atoms with E-state index in [-0.39, 0.29) is 0 Å². The summed E-state index contributed by atoms with van der Waals surface area (Å²) in [5.74, 6) is -1.11. The predicted octanol–water partition coefficient (Wildman–Crippen LogP) is 3.92. The van der Waals surface area contributed by atoms with Crippen LogP contribution in [0, 0.1) is 17.6 Å². The molecule has 0 aliphatic carbocycles. The maximum atomic E-state index is 13.5. The Balaban J connectivity index is 2.49. The molecule has 0 fully saturated rings. The fourth-order valence-corrected chi connectivity index (χ4v) is 2.24. The Morgan fingerprint density at radius 2 is 1.94 bits per heavy atom. The van der Waals surface area contributed by atoms with Crippen molar-refractivity contribution >= 4 is 0 Å². The molecule has 0 heterocycles. The first-order valence-electron chi connectivity index (χ1n) is 6.70. The largest absolute Gasteiger partial charge is 0.314 e. The summed E-state index contributed by atoms with van der Waals surface area (Å²) in [7, 11) is 0. The first kappa shape index (κ1) is 15.1. The molecule has 0 saturated carbocycles. The Hall–Kier alpha value is -0.960. The average molecular weight is 255 g/mol. The molecule has 0 saturated heterocycles. The van der Waals surface area contributed by atoms with E-state index in [1.54, 1.807) is 12.1 Å². The molecule has 2 unspecified atom stereocenters. The number of halogens is 2. The van der Waals surface area contributed by atoms with Gasteiger partial charge in [-0.05, 0) is 50.3 Å². The maximum Gasteiger partial charge on any atom is 0.162 e. The van der Waals surface area contributed by atoms with E-state index in [0.29, 0.717) is 23.9 Å². The van der Waals surface area contributed by atoms with Gasteiger partial charge in [-0.3, -0.25) is 0 Å². The molecule has 0 spiro atoms. The molecule has 1 rings (SSSR count). The zero-order valence-corrected chi connectivity index (χ0v) is 11.5. The van der Waals surface area contributed by atoms with Crippen LogP contribution in [0.1, 0.15) is 39.2 Å². The summed E-state index contributed by atoms with van der Waals surface area (Å²) in [6, 6.07) is 4.81. The minimum Gasteiger partial charge on any atom is -0.314 e. The Morgan fingerprint density at radius 1 is 1.22 bits per heavy atom. The van der Waals surface area contributed by atoms with E-state index in [1.165, 1.54) is 0 Å². The number of rotatable bonds is 7. The molecule has 18 heavy (non-hydrogen) atoms. The molecule has 0 amide bonds. The SMILES string of the molecule is CCCNC(C)CC(C)Cc1cccc(F)c1F. The number of hydrogen-bond donors (Lipinski definition) is 1. The van der Waals surface area contributed by atoms with Gasteiger partial charge in [-0.2, -0.15) is 0 Å². The lowest BCUT2D eigenvalue weighted by molar-refractivity contribution is 0.411. The second-order valence-corrected chi connectivity index (χ2v) is 5.11. The lowest BCUT2D eigenvalue weighted by Gasteiger charge is -2.18. The van der Waals surface area contributed by atoms with Crippen LogP contribution in [0.4, 0.5) is 8.78 Å². The Kier molecular flexibility index (Phi) is 6.27. The van der Waals surface area contributed by atoms with Crippen LogP contribution in [0.3, 0.4) is 0 Å². The van der Waals surface area contributed by atoms with E-state index in [4.69, 9.17) is 0 Å². The zero-order chi connectivity index (χ0) is 13.5. The van der Waals surface area contributed by atoms with E-state index >= 15 is 0 Å². The number of nitrogens with one attached hydrogen (secondary N) is 1. The maximum absolute atomic E-state index is 13.5. The van der Waals surface area contributed by atoms with Crippen LogP contribution in [0.15, 0.2) is 18.2 Å². The number of hydrogen-bond acceptors (Lipinski definition) is 1. The van der Waals surface area contributed by atoms with Crippen LogP contribution >= 0.6 is 0 Å². The molecule has 1 aromatic rings. The van der Waals surface area contributed by atoms with E-state index in [2.05, 4.69) is 26.1 Å². The molecular weight excluding hydrogens is 232 g/mol. The van der Waals surface area contributed by atoms with E-state index in [0.717, 1.165) is 25.5 Å². The summed E-state index contributed by atoms with van der Waals surface area (Å²) in [4.78, 5) is 0. The topological polar surface area (TPSA) is 12.0 Å². The van der Waals surface area contributed by atoms with E-state index < -0.39 is 11.6 Å². The smallest absolute Gasteiger partial charge is 0.162 e. The van der Waals surface area contributed by atoms with Crippen LogP contribution in [-0.2, 0) is 6.42 Å². The van der Waals surface area contributed by atoms with Crippen molar-refractivity contribution in [1.82, 2.24) is 5.32 Å². The van der Waals surface area contributed by atoms with Gasteiger partial charge in [0.2, 0.25) is 0 Å². The zero-order valence-electron chi connectivity index (χ0n) is 11.5. The van der Waals surface area contributed by atoms with Crippen molar-refractivity contribution in [3.05, 3.63) is 35.4 Å². The van der Waals surface area contributed by atoms with Gasteiger partial charge >= 0.3 is 0 Å². The van der Waals surface area contributed by atoms with Gasteiger partial charge in [0.25, 0.3) is 0 Å². The highest BCUT2D eigenvalue weighted by atomic mass is 19.2. The summed E-state index contributed by atoms with van der Waals surface area (Å²) in [6.45, 7) is 7.34. The highest BCUT2D eigenvalue weighted by molar-refractivity contribution is 5.19. The van der Waals surface area contributed by atoms with Crippen molar-refractivity contribution < 1.29 is 8.78 Å². The Morgan fingerprint density at radius 3 is 2.61 bits per heavy atom. The minimum absolute atomic E-state index is 0.334. The molecule has 0 radical (unpaired) electrons. The van der Waals surface area contributed by atoms with Crippen LogP contribution in [0.2, 0.25) is 0 Å². The molecule has 0 bridgehead atoms. The second-order valence-electron chi connectivity index (χ2n) is 5.11. The fraction of sp³-hybridized carbons (Fsp3) is 0.600. The quantitative estimate of drug-likeness (QED) is 0.778. The molecule has 0 aliphatic heterocycles. The molecule has 1 aromatic carbocycles. The predicted molar refractivity (Wildman–Crippen MR) is 71.6 cm³/mol. The second kappa shape index (κ2) is 7.47. The molecule has 3 heteroatoms. The Labute approximate surface area is 109 Å². The normalized spacial score (nSPS) is 14.5. The minimum atomic E-state index is -0.753. The molecule has 0 aliphatic rings. The van der Waals surface area contributed by atoms with Gasteiger partial charge in [0.15, 0.2) is 11.6 Å². The highest BCUT2D eigenvalue weighted by Crippen LogP contribution is 2.18. The number of benzene rings is 1. The molecular formula is C15H23F2N. The van der Waals surface area contributed by atoms with Gasteiger partial charge in [-0.25, -0.2) is 8.78 Å². The van der Waals surface area contributed by atoms with Gasteiger partial charge in [-0.15, -0.1) is 0 Å². The van der Waals surface area contributed by atoms with Crippen LogP contribution in [0.5, 0.6) is 0 Å². The van der Waals surface area contributed by atoms with Crippen molar-refractivity contribution in [1.29, 1.82) is 0 Å². The molecule has 1 nitrogen and oxygen atoms in total. The average Bonchev–Trinajstić information content (AvgIpc) is 2.32. The lowest BCUT2D eigenvalue weighted by atomic mass is 9.94. The molecule has 2 atom stereocenters. The first-order chi connectivity index (χ1) is 8.54. The van der Waals surface area contributed by atoms with Crippen molar-refractivity contribution in [3.63, 3.8) is 0 Å². The van der Waals surface area contributed by atoms with Crippen molar-refractivity contribution in [2.75, 3.05) is 6.54 Å². The summed E-state index contributed by atoms with van der Waals surface area (Å²) in [5, 5.41) is 3.41. The summed E-state index contributed by atoms with van der Waals surface area (Å²) >= 11 is 0. The molecule has 102 valence electrons. The van der Waals surface area contributed by atoms with Gasteiger partial charge in [0, 0.05) is 6.04 Å². The third-order valence-corrected chi connectivity index (χ3v) is 3.10. The third kappa shape index (κ3) is 4.73. The van der Waals surface area contributed by atoms with Crippen LogP contribution < -0.4 is 5.32 Å². The Bertz CT molecular complexity index is 366. The standard InChI is InChI=1S/C15H23F2N/c1-4-8-18-12(3)9-11(2)10-13-6-5-7-14(16)15(13)17/h5-7,11-12,18H,4,8-10H2,1-3H3. The first-order valence-corrected chi connectivity index (χ1v) is 6.70. The summed E-state index contributed by atoms with van der Waals surface area (Å²) in [6.07, 6.45) is 2.66. The van der Waals surface area contributed by atoms with E-state index in [9.17, 15) is 8.78 Å². The van der Waals surface area contributed by atoms with Gasteiger partial charge in [0.1, 0.15) is 0 Å². The fourth-order valence-electron chi connectivity index (χ4n) is 2.24. The van der Waals surface area contributed by atoms with Crippen LogP contribution in [0.25, 0.3) is 0 Å². The molecule has 0 aromatic heterocycles.